The maximum atomic E-state index is 11.9. The highest BCUT2D eigenvalue weighted by molar-refractivity contribution is 5.86. The molecule has 112 valence electrons. The number of hydrogen-bond donors (Lipinski definition) is 2. The predicted molar refractivity (Wildman–Crippen MR) is 73.8 cm³/mol. The number of aliphatic carboxylic acids is 1. The van der Waals surface area contributed by atoms with Gasteiger partial charge < -0.3 is 19.7 Å². The number of carboxylic acids is 1. The van der Waals surface area contributed by atoms with Crippen LogP contribution < -0.4 is 5.32 Å². The fourth-order valence-electron chi connectivity index (χ4n) is 1.94. The molecule has 0 fully saturated rings. The molecule has 0 saturated heterocycles. The van der Waals surface area contributed by atoms with Crippen LogP contribution in [-0.2, 0) is 20.7 Å². The second-order valence-corrected chi connectivity index (χ2v) is 4.56. The molecular formula is C14H16N2O5. The number of fused-ring (bicyclic) bond motifs is 1. The van der Waals surface area contributed by atoms with Crippen LogP contribution in [0.5, 0.6) is 0 Å². The normalized spacial score (nSPS) is 12.2. The Morgan fingerprint density at radius 2 is 2.19 bits per heavy atom. The molecule has 2 rings (SSSR count). The van der Waals surface area contributed by atoms with Crippen LogP contribution in [0.1, 0.15) is 12.1 Å². The summed E-state index contributed by atoms with van der Waals surface area (Å²) in [6, 6.07) is 7.27. The third-order valence-corrected chi connectivity index (χ3v) is 3.04. The van der Waals surface area contributed by atoms with E-state index in [0.717, 1.165) is 5.39 Å². The summed E-state index contributed by atoms with van der Waals surface area (Å²) in [5.41, 5.74) is 1.18. The van der Waals surface area contributed by atoms with E-state index >= 15 is 0 Å². The smallest absolute Gasteiger partial charge is 0.306 e. The average Bonchev–Trinajstić information content (AvgIpc) is 2.86. The highest BCUT2D eigenvalue weighted by Gasteiger charge is 2.15. The minimum atomic E-state index is -0.974. The number of benzene rings is 1. The molecule has 1 amide bonds. The van der Waals surface area contributed by atoms with Crippen molar-refractivity contribution < 1.29 is 24.0 Å². The first kappa shape index (κ1) is 15.0. The molecule has 0 aliphatic carbocycles. The minimum Gasteiger partial charge on any atom is -0.481 e. The molecule has 2 aromatic rings. The minimum absolute atomic E-state index is 0.0700. The van der Waals surface area contributed by atoms with Gasteiger partial charge in [-0.2, -0.15) is 0 Å². The van der Waals surface area contributed by atoms with Crippen LogP contribution in [0.25, 0.3) is 11.0 Å². The molecule has 1 aromatic carbocycles. The molecule has 0 radical (unpaired) electrons. The average molecular weight is 292 g/mol. The van der Waals surface area contributed by atoms with E-state index in [0.29, 0.717) is 11.3 Å². The zero-order valence-corrected chi connectivity index (χ0v) is 11.5. The summed E-state index contributed by atoms with van der Waals surface area (Å²) in [6.07, 6.45) is -0.648. The van der Waals surface area contributed by atoms with Crippen molar-refractivity contribution in [1.29, 1.82) is 0 Å². The predicted octanol–water partition coefficient (Wildman–Crippen LogP) is 0.976. The van der Waals surface area contributed by atoms with Gasteiger partial charge >= 0.3 is 5.97 Å². The lowest BCUT2D eigenvalue weighted by molar-refractivity contribution is -0.140. The standard InChI is InChI=1S/C14H16N2O5/c1-20-9(6-14(18)19)8-15-13(17)7-11-10-4-2-3-5-12(10)21-16-11/h2-5,9H,6-8H2,1H3,(H,15,17)(H,18,19). The van der Waals surface area contributed by atoms with E-state index < -0.39 is 12.1 Å². The van der Waals surface area contributed by atoms with Crippen LogP contribution in [0.15, 0.2) is 28.8 Å². The number of para-hydroxylation sites is 1. The van der Waals surface area contributed by atoms with E-state index in [1.54, 1.807) is 6.07 Å². The zero-order chi connectivity index (χ0) is 15.2. The first-order valence-electron chi connectivity index (χ1n) is 6.44. The maximum Gasteiger partial charge on any atom is 0.306 e. The van der Waals surface area contributed by atoms with Crippen molar-refractivity contribution in [3.8, 4) is 0 Å². The van der Waals surface area contributed by atoms with Crippen molar-refractivity contribution in [2.45, 2.75) is 18.9 Å². The summed E-state index contributed by atoms with van der Waals surface area (Å²) in [5, 5.41) is 16.0. The van der Waals surface area contributed by atoms with Gasteiger partial charge in [0, 0.05) is 19.0 Å². The van der Waals surface area contributed by atoms with Crippen LogP contribution in [0.3, 0.4) is 0 Å². The Balaban J connectivity index is 1.91. The second kappa shape index (κ2) is 6.85. The number of methoxy groups -OCH3 is 1. The molecule has 7 heteroatoms. The van der Waals surface area contributed by atoms with Crippen molar-refractivity contribution in [3.05, 3.63) is 30.0 Å². The molecule has 1 aromatic heterocycles. The van der Waals surface area contributed by atoms with Gasteiger partial charge in [0.1, 0.15) is 5.69 Å². The Bertz CT molecular complexity index is 637. The Morgan fingerprint density at radius 1 is 1.43 bits per heavy atom. The molecule has 0 saturated carbocycles. The van der Waals surface area contributed by atoms with Crippen LogP contribution in [-0.4, -0.2) is 41.9 Å². The third kappa shape index (κ3) is 4.03. The fourth-order valence-corrected chi connectivity index (χ4v) is 1.94. The highest BCUT2D eigenvalue weighted by atomic mass is 16.5. The molecule has 0 bridgehead atoms. The van der Waals surface area contributed by atoms with Gasteiger partial charge in [0.05, 0.1) is 18.9 Å². The number of carbonyl (C=O) groups is 2. The summed E-state index contributed by atoms with van der Waals surface area (Å²) in [7, 11) is 1.41. The summed E-state index contributed by atoms with van der Waals surface area (Å²) >= 11 is 0. The van der Waals surface area contributed by atoms with Gasteiger partial charge in [0.15, 0.2) is 5.58 Å². The van der Waals surface area contributed by atoms with Crippen molar-refractivity contribution in [2.75, 3.05) is 13.7 Å². The number of ether oxygens (including phenoxy) is 1. The number of carbonyl (C=O) groups excluding carboxylic acids is 1. The van der Waals surface area contributed by atoms with E-state index in [9.17, 15) is 9.59 Å². The number of nitrogens with one attached hydrogen (secondary N) is 1. The van der Waals surface area contributed by atoms with E-state index in [4.69, 9.17) is 14.4 Å². The number of rotatable bonds is 7. The number of nitrogens with zero attached hydrogens (tertiary/aromatic N) is 1. The molecule has 0 aliphatic rings. The third-order valence-electron chi connectivity index (χ3n) is 3.04. The lowest BCUT2D eigenvalue weighted by Crippen LogP contribution is -2.35. The SMILES string of the molecule is COC(CNC(=O)Cc1noc2ccccc12)CC(=O)O. The molecule has 7 nitrogen and oxygen atoms in total. The summed E-state index contributed by atoms with van der Waals surface area (Å²) in [4.78, 5) is 22.5. The molecule has 2 N–H and O–H groups in total. The van der Waals surface area contributed by atoms with Gasteiger partial charge in [-0.25, -0.2) is 0 Å². The lowest BCUT2D eigenvalue weighted by Gasteiger charge is -2.13. The van der Waals surface area contributed by atoms with Gasteiger partial charge in [0.25, 0.3) is 0 Å². The number of amides is 1. The zero-order valence-electron chi connectivity index (χ0n) is 11.5. The van der Waals surface area contributed by atoms with Crippen LogP contribution in [0.2, 0.25) is 0 Å². The number of aromatic nitrogens is 1. The molecular weight excluding hydrogens is 276 g/mol. The van der Waals surface area contributed by atoms with Crippen molar-refractivity contribution in [3.63, 3.8) is 0 Å². The highest BCUT2D eigenvalue weighted by Crippen LogP contribution is 2.17. The topological polar surface area (TPSA) is 102 Å². The van der Waals surface area contributed by atoms with Crippen molar-refractivity contribution in [1.82, 2.24) is 10.5 Å². The van der Waals surface area contributed by atoms with E-state index in [-0.39, 0.29) is 25.3 Å². The fraction of sp³-hybridized carbons (Fsp3) is 0.357. The van der Waals surface area contributed by atoms with Crippen LogP contribution >= 0.6 is 0 Å². The number of hydrogen-bond acceptors (Lipinski definition) is 5. The molecule has 0 aliphatic heterocycles. The van der Waals surface area contributed by atoms with Gasteiger partial charge in [-0.15, -0.1) is 0 Å². The molecule has 1 heterocycles. The summed E-state index contributed by atoms with van der Waals surface area (Å²) in [6.45, 7) is 0.136. The van der Waals surface area contributed by atoms with E-state index in [1.165, 1.54) is 7.11 Å². The number of carboxylic acid groups (broad SMARTS) is 1. The monoisotopic (exact) mass is 292 g/mol. The molecule has 0 spiro atoms. The Hall–Kier alpha value is -2.41. The van der Waals surface area contributed by atoms with Crippen molar-refractivity contribution >= 4 is 22.8 Å². The second-order valence-electron chi connectivity index (χ2n) is 4.56. The molecule has 1 atom stereocenters. The van der Waals surface area contributed by atoms with E-state index in [1.807, 2.05) is 18.2 Å². The Kier molecular flexibility index (Phi) is 4.89. The largest absolute Gasteiger partial charge is 0.481 e. The quantitative estimate of drug-likeness (QED) is 0.788. The lowest BCUT2D eigenvalue weighted by atomic mass is 10.1. The van der Waals surface area contributed by atoms with Crippen LogP contribution in [0.4, 0.5) is 0 Å². The Morgan fingerprint density at radius 3 is 2.90 bits per heavy atom. The Labute approximate surface area is 120 Å². The molecule has 21 heavy (non-hydrogen) atoms. The van der Waals surface area contributed by atoms with Gasteiger partial charge in [-0.1, -0.05) is 17.3 Å². The van der Waals surface area contributed by atoms with Crippen molar-refractivity contribution in [2.24, 2.45) is 0 Å². The summed E-state index contributed by atoms with van der Waals surface area (Å²) < 4.78 is 10.1. The summed E-state index contributed by atoms with van der Waals surface area (Å²) in [5.74, 6) is -1.24. The van der Waals surface area contributed by atoms with E-state index in [2.05, 4.69) is 10.5 Å². The first-order valence-corrected chi connectivity index (χ1v) is 6.44. The van der Waals surface area contributed by atoms with Gasteiger partial charge in [-0.3, -0.25) is 9.59 Å². The van der Waals surface area contributed by atoms with Crippen LogP contribution in [0, 0.1) is 0 Å². The van der Waals surface area contributed by atoms with Gasteiger partial charge in [0.2, 0.25) is 5.91 Å². The molecule has 1 unspecified atom stereocenters. The maximum absolute atomic E-state index is 11.9. The van der Waals surface area contributed by atoms with Gasteiger partial charge in [-0.05, 0) is 12.1 Å². The first-order chi connectivity index (χ1) is 10.1.